The highest BCUT2D eigenvalue weighted by Gasteiger charge is 2.03. The predicted octanol–water partition coefficient (Wildman–Crippen LogP) is -0.0512. The first kappa shape index (κ1) is 8.36. The van der Waals surface area contributed by atoms with E-state index in [2.05, 4.69) is 23.3 Å². The summed E-state index contributed by atoms with van der Waals surface area (Å²) in [7, 11) is -1.27. The van der Waals surface area contributed by atoms with Crippen molar-refractivity contribution in [2.24, 2.45) is 0 Å². The Morgan fingerprint density at radius 1 is 1.14 bits per heavy atom. The van der Waals surface area contributed by atoms with E-state index in [1.807, 2.05) is 0 Å². The van der Waals surface area contributed by atoms with E-state index in [4.69, 9.17) is 14.7 Å². The molecule has 0 heterocycles. The van der Waals surface area contributed by atoms with Crippen molar-refractivity contribution in [2.45, 2.75) is 0 Å². The van der Waals surface area contributed by atoms with Crippen LogP contribution in [0.15, 0.2) is 0 Å². The minimum absolute atomic E-state index is 1.27. The third kappa shape index (κ3) is 3.90. The molecule has 0 aliphatic heterocycles. The number of hydrogen-bond acceptors (Lipinski definition) is 0. The van der Waals surface area contributed by atoms with Crippen LogP contribution >= 0.6 is 30.0 Å². The molecular formula is H5O3PS3. The number of thiol groups is 2. The normalized spacial score (nSPS) is 12.9. The van der Waals surface area contributed by atoms with Crippen molar-refractivity contribution in [1.82, 2.24) is 0 Å². The zero-order valence-corrected chi connectivity index (χ0v) is 6.59. The van der Waals surface area contributed by atoms with Crippen LogP contribution in [-0.4, -0.2) is 14.7 Å². The Bertz CT molecular complexity index is 99.1. The number of hydrogen-bond donors (Lipinski definition) is 5. The molecule has 0 aliphatic carbocycles. The fourth-order valence-electron chi connectivity index (χ4n) is 0. The third-order valence-corrected chi connectivity index (χ3v) is 5.92. The van der Waals surface area contributed by atoms with Crippen molar-refractivity contribution in [3.8, 4) is 0 Å². The van der Waals surface area contributed by atoms with E-state index in [0.717, 1.165) is 0 Å². The van der Waals surface area contributed by atoms with Gasteiger partial charge < -0.3 is 14.7 Å². The molecule has 0 radical (unpaired) electrons. The molecule has 3 nitrogen and oxygen atoms in total. The maximum atomic E-state index is 8.18. The third-order valence-electron chi connectivity index (χ3n) is 0.219. The van der Waals surface area contributed by atoms with Crippen LogP contribution in [0.25, 0.3) is 0 Å². The van der Waals surface area contributed by atoms with Crippen molar-refractivity contribution in [1.29, 1.82) is 0 Å². The Morgan fingerprint density at radius 2 is 1.29 bits per heavy atom. The van der Waals surface area contributed by atoms with Gasteiger partial charge in [0.25, 0.3) is 6.72 Å². The quantitative estimate of drug-likeness (QED) is 0.206. The van der Waals surface area contributed by atoms with Crippen LogP contribution in [0.2, 0.25) is 0 Å². The fraction of sp³-hybridized carbons (Fsp3) is 0. The molecule has 3 N–H and O–H groups in total. The summed E-state index contributed by atoms with van der Waals surface area (Å²) in [5, 5.41) is 0. The van der Waals surface area contributed by atoms with Crippen LogP contribution < -0.4 is 0 Å². The Balaban J connectivity index is 4.28. The molecule has 0 aliphatic rings. The molecule has 7 heavy (non-hydrogen) atoms. The summed E-state index contributed by atoms with van der Waals surface area (Å²) in [4.78, 5) is 24.5. The van der Waals surface area contributed by atoms with Gasteiger partial charge >= 0.3 is 0 Å². The zero-order chi connectivity index (χ0) is 6.08. The second kappa shape index (κ2) is 2.77. The molecule has 0 aromatic heterocycles. The second-order valence-corrected chi connectivity index (χ2v) is 9.62. The van der Waals surface area contributed by atoms with Crippen LogP contribution in [0.3, 0.4) is 0 Å². The highest BCUT2D eigenvalue weighted by Crippen LogP contribution is 2.39. The van der Waals surface area contributed by atoms with Gasteiger partial charge in [-0.05, 0) is 8.14 Å². The van der Waals surface area contributed by atoms with E-state index in [1.165, 1.54) is 0 Å². The highest BCUT2D eigenvalue weighted by molar-refractivity contribution is 9.04. The lowest BCUT2D eigenvalue weighted by atomic mass is 15.8. The molecule has 0 amide bonds. The lowest BCUT2D eigenvalue weighted by Gasteiger charge is -2.01. The molecule has 7 heteroatoms. The van der Waals surface area contributed by atoms with Gasteiger partial charge in [0.1, 0.15) is 0 Å². The van der Waals surface area contributed by atoms with Gasteiger partial charge in [-0.25, -0.2) is 0 Å². The lowest BCUT2D eigenvalue weighted by molar-refractivity contribution is 0.363. The van der Waals surface area contributed by atoms with Crippen LogP contribution in [0.4, 0.5) is 0 Å². The molecule has 46 valence electrons. The van der Waals surface area contributed by atoms with Crippen molar-refractivity contribution in [2.75, 3.05) is 0 Å². The van der Waals surface area contributed by atoms with Gasteiger partial charge in [-0.2, -0.15) is 0 Å². The van der Waals surface area contributed by atoms with Crippen LogP contribution in [-0.2, 0) is 8.14 Å². The smallest absolute Gasteiger partial charge is 0.296 e. The standard InChI is InChI=1S/H5O3PS3/c1-4(2,3)7(5)6/h1-3,5-6H. The van der Waals surface area contributed by atoms with Crippen molar-refractivity contribution in [3.63, 3.8) is 0 Å². The fourth-order valence-corrected chi connectivity index (χ4v) is 0. The molecule has 0 atom stereocenters. The molecule has 0 unspecified atom stereocenters. The maximum absolute atomic E-state index is 8.18. The van der Waals surface area contributed by atoms with Gasteiger partial charge in [-0.1, -0.05) is 0 Å². The summed E-state index contributed by atoms with van der Waals surface area (Å²) in [5.74, 6) is 0. The molecule has 0 rings (SSSR count). The molecule has 0 fully saturated rings. The van der Waals surface area contributed by atoms with E-state index in [0.29, 0.717) is 0 Å². The average Bonchev–Trinajstić information content (AvgIpc) is 1.31. The summed E-state index contributed by atoms with van der Waals surface area (Å²) in [5.41, 5.74) is 0. The van der Waals surface area contributed by atoms with Gasteiger partial charge in [-0.3, -0.25) is 0 Å². The Morgan fingerprint density at radius 3 is 1.29 bits per heavy atom. The second-order valence-electron chi connectivity index (χ2n) is 0.758. The summed E-state index contributed by atoms with van der Waals surface area (Å²) < 4.78 is 0. The van der Waals surface area contributed by atoms with Crippen LogP contribution in [0.1, 0.15) is 0 Å². The van der Waals surface area contributed by atoms with Crippen LogP contribution in [0.5, 0.6) is 0 Å². The largest absolute Gasteiger partial charge is 0.327 e. The van der Waals surface area contributed by atoms with Gasteiger partial charge in [0.2, 0.25) is 0 Å². The summed E-state index contributed by atoms with van der Waals surface area (Å²) in [6, 6.07) is 0. The topological polar surface area (TPSA) is 60.7 Å². The monoisotopic (exact) mass is 180 g/mol. The molecule has 0 aromatic carbocycles. The average molecular weight is 180 g/mol. The Labute approximate surface area is 53.2 Å². The van der Waals surface area contributed by atoms with E-state index in [9.17, 15) is 0 Å². The van der Waals surface area contributed by atoms with Gasteiger partial charge in [-0.15, -0.1) is 23.3 Å². The molecular weight excluding hydrogens is 175 g/mol. The van der Waals surface area contributed by atoms with Gasteiger partial charge in [0.15, 0.2) is 0 Å². The van der Waals surface area contributed by atoms with E-state index in [1.54, 1.807) is 0 Å². The minimum atomic E-state index is -3.73. The minimum Gasteiger partial charge on any atom is -0.327 e. The summed E-state index contributed by atoms with van der Waals surface area (Å²) >= 11 is 6.94. The summed E-state index contributed by atoms with van der Waals surface area (Å²) in [6.45, 7) is -3.73. The van der Waals surface area contributed by atoms with Crippen molar-refractivity contribution < 1.29 is 14.7 Å². The maximum Gasteiger partial charge on any atom is 0.296 e. The van der Waals surface area contributed by atoms with E-state index >= 15 is 0 Å². The molecule has 0 saturated carbocycles. The predicted molar refractivity (Wildman–Crippen MR) is 38.9 cm³/mol. The van der Waals surface area contributed by atoms with Gasteiger partial charge in [0, 0.05) is 0 Å². The SMILES string of the molecule is OP(O)(O)=S(S)S. The first-order valence-electron chi connectivity index (χ1n) is 1.15. The lowest BCUT2D eigenvalue weighted by Crippen LogP contribution is -1.75. The Hall–Kier alpha value is 1.36. The molecule has 0 saturated heterocycles. The summed E-state index contributed by atoms with van der Waals surface area (Å²) in [6.07, 6.45) is 0. The van der Waals surface area contributed by atoms with E-state index < -0.39 is 14.9 Å². The number of rotatable bonds is 0. The van der Waals surface area contributed by atoms with Crippen molar-refractivity contribution >= 4 is 38.2 Å². The van der Waals surface area contributed by atoms with Crippen molar-refractivity contribution in [3.05, 3.63) is 0 Å². The first-order chi connectivity index (χ1) is 2.94. The zero-order valence-electron chi connectivity index (χ0n) is 3.09. The molecule has 0 aromatic rings. The molecule has 0 spiro atoms. The highest BCUT2D eigenvalue weighted by atomic mass is 33.6. The first-order valence-corrected chi connectivity index (χ1v) is 6.73. The Kier molecular flexibility index (Phi) is 3.31. The van der Waals surface area contributed by atoms with E-state index in [-0.39, 0.29) is 0 Å². The van der Waals surface area contributed by atoms with Crippen LogP contribution in [0, 0.1) is 0 Å². The molecule has 0 bridgehead atoms. The van der Waals surface area contributed by atoms with Gasteiger partial charge in [0.05, 0.1) is 0 Å².